The van der Waals surface area contributed by atoms with E-state index >= 15 is 0 Å². The van der Waals surface area contributed by atoms with Crippen molar-refractivity contribution in [2.75, 3.05) is 0 Å². The van der Waals surface area contributed by atoms with Crippen LogP contribution in [0.4, 0.5) is 0 Å². The van der Waals surface area contributed by atoms with Crippen LogP contribution >= 0.6 is 34.0 Å². The summed E-state index contributed by atoms with van der Waals surface area (Å²) in [5.74, 6) is 0. The van der Waals surface area contributed by atoms with Crippen LogP contribution < -0.4 is 15.7 Å². The van der Waals surface area contributed by atoms with Crippen LogP contribution in [0, 0.1) is 48.5 Å². The lowest BCUT2D eigenvalue weighted by molar-refractivity contribution is 1.34. The molecule has 3 aromatic heterocycles. The Labute approximate surface area is 222 Å². The Morgan fingerprint density at radius 2 is 0.857 bits per heavy atom. The van der Waals surface area contributed by atoms with Crippen molar-refractivity contribution in [2.24, 2.45) is 0 Å². The predicted molar refractivity (Wildman–Crippen MR) is 162 cm³/mol. The molecule has 176 valence electrons. The standard InChI is InChI=1S/C31H31BS3/c1-18-14-20(3)30(21(4)15-18)32(31-22(5)16-19(2)17-23(31)6)29-13-12-28(35-29)27-11-10-26(34-27)25-9-8-24(7)33-25/h8-17H,1-7H3. The Bertz CT molecular complexity index is 1420. The van der Waals surface area contributed by atoms with Crippen molar-refractivity contribution in [3.8, 4) is 19.5 Å². The Morgan fingerprint density at radius 3 is 1.31 bits per heavy atom. The van der Waals surface area contributed by atoms with Gasteiger partial charge in [0, 0.05) is 24.4 Å². The van der Waals surface area contributed by atoms with Crippen molar-refractivity contribution < 1.29 is 0 Å². The van der Waals surface area contributed by atoms with Gasteiger partial charge in [0.1, 0.15) is 0 Å². The van der Waals surface area contributed by atoms with Crippen LogP contribution in [0.5, 0.6) is 0 Å². The number of hydrogen-bond acceptors (Lipinski definition) is 3. The lowest BCUT2D eigenvalue weighted by Crippen LogP contribution is -2.54. The minimum absolute atomic E-state index is 0.245. The van der Waals surface area contributed by atoms with Crippen molar-refractivity contribution in [1.29, 1.82) is 0 Å². The number of thiophene rings is 3. The summed E-state index contributed by atoms with van der Waals surface area (Å²) in [5.41, 5.74) is 11.1. The first-order valence-electron chi connectivity index (χ1n) is 12.1. The van der Waals surface area contributed by atoms with E-state index in [2.05, 4.69) is 109 Å². The SMILES string of the molecule is Cc1cc(C)c(B(c2ccc(-c3ccc(-c4ccc(C)s4)s3)s2)c2c(C)cc(C)cc2C)c(C)c1. The van der Waals surface area contributed by atoms with Crippen molar-refractivity contribution in [3.63, 3.8) is 0 Å². The molecule has 0 aliphatic rings. The molecule has 0 nitrogen and oxygen atoms in total. The van der Waals surface area contributed by atoms with Crippen molar-refractivity contribution in [2.45, 2.75) is 48.5 Å². The molecule has 0 bridgehead atoms. The minimum Gasteiger partial charge on any atom is -0.148 e. The lowest BCUT2D eigenvalue weighted by atomic mass is 9.37. The molecule has 0 aliphatic carbocycles. The molecule has 5 rings (SSSR count). The quantitative estimate of drug-likeness (QED) is 0.211. The van der Waals surface area contributed by atoms with Crippen LogP contribution in [-0.2, 0) is 0 Å². The third-order valence-corrected chi connectivity index (χ3v) is 10.4. The van der Waals surface area contributed by atoms with Gasteiger partial charge in [-0.2, -0.15) is 0 Å². The van der Waals surface area contributed by atoms with Crippen LogP contribution in [0.2, 0.25) is 0 Å². The lowest BCUT2D eigenvalue weighted by Gasteiger charge is -2.23. The highest BCUT2D eigenvalue weighted by atomic mass is 32.1. The summed E-state index contributed by atoms with van der Waals surface area (Å²) < 4.78 is 1.42. The molecule has 0 atom stereocenters. The first-order valence-corrected chi connectivity index (χ1v) is 14.6. The third kappa shape index (κ3) is 4.72. The summed E-state index contributed by atoms with van der Waals surface area (Å²) in [6.45, 7) is 16.0. The Hall–Kier alpha value is -2.40. The summed E-state index contributed by atoms with van der Waals surface area (Å²) >= 11 is 5.74. The average Bonchev–Trinajstić information content (AvgIpc) is 3.51. The fourth-order valence-corrected chi connectivity index (χ4v) is 8.71. The fraction of sp³-hybridized carbons (Fsp3) is 0.226. The van der Waals surface area contributed by atoms with E-state index < -0.39 is 0 Å². The Kier molecular flexibility index (Phi) is 6.65. The molecule has 0 saturated heterocycles. The second-order valence-corrected chi connectivity index (χ2v) is 13.3. The van der Waals surface area contributed by atoms with Gasteiger partial charge in [0.2, 0.25) is 0 Å². The first kappa shape index (κ1) is 24.3. The van der Waals surface area contributed by atoms with Crippen LogP contribution in [0.1, 0.15) is 38.3 Å². The topological polar surface area (TPSA) is 0 Å². The average molecular weight is 511 g/mol. The molecular formula is C31H31BS3. The van der Waals surface area contributed by atoms with Gasteiger partial charge in [-0.3, -0.25) is 0 Å². The largest absolute Gasteiger partial charge is 0.255 e. The summed E-state index contributed by atoms with van der Waals surface area (Å²) in [6, 6.07) is 23.1. The first-order chi connectivity index (χ1) is 16.7. The van der Waals surface area contributed by atoms with Gasteiger partial charge in [-0.25, -0.2) is 0 Å². The van der Waals surface area contributed by atoms with Gasteiger partial charge in [0.15, 0.2) is 0 Å². The summed E-state index contributed by atoms with van der Waals surface area (Å²) in [5, 5.41) is 0. The van der Waals surface area contributed by atoms with E-state index in [9.17, 15) is 0 Å². The van der Waals surface area contributed by atoms with Crippen LogP contribution in [0.15, 0.2) is 60.7 Å². The molecule has 0 amide bonds. The maximum Gasteiger partial charge on any atom is 0.255 e. The van der Waals surface area contributed by atoms with E-state index in [1.54, 1.807) is 0 Å². The highest BCUT2D eigenvalue weighted by Gasteiger charge is 2.30. The zero-order chi connectivity index (χ0) is 24.9. The second-order valence-electron chi connectivity index (χ2n) is 9.83. The molecule has 0 fully saturated rings. The molecule has 0 unspecified atom stereocenters. The highest BCUT2D eigenvalue weighted by molar-refractivity contribution is 7.32. The van der Waals surface area contributed by atoms with Gasteiger partial charge in [-0.05, 0) is 83.6 Å². The van der Waals surface area contributed by atoms with E-state index in [0.29, 0.717) is 0 Å². The minimum atomic E-state index is 0.245. The summed E-state index contributed by atoms with van der Waals surface area (Å²) in [6.07, 6.45) is 0. The van der Waals surface area contributed by atoms with E-state index in [1.807, 2.05) is 34.0 Å². The normalized spacial score (nSPS) is 11.3. The third-order valence-electron chi connectivity index (χ3n) is 6.80. The summed E-state index contributed by atoms with van der Waals surface area (Å²) in [4.78, 5) is 6.81. The van der Waals surface area contributed by atoms with Crippen molar-refractivity contribution in [3.05, 3.63) is 98.9 Å². The molecular weight excluding hydrogens is 479 g/mol. The maximum absolute atomic E-state index is 2.37. The van der Waals surface area contributed by atoms with Crippen molar-refractivity contribution >= 4 is 56.4 Å². The number of benzene rings is 2. The second kappa shape index (κ2) is 9.57. The van der Waals surface area contributed by atoms with Crippen LogP contribution in [0.3, 0.4) is 0 Å². The van der Waals surface area contributed by atoms with Gasteiger partial charge in [-0.1, -0.05) is 74.6 Å². The molecule has 5 aromatic rings. The van der Waals surface area contributed by atoms with E-state index in [-0.39, 0.29) is 6.71 Å². The fourth-order valence-electron chi connectivity index (χ4n) is 5.53. The Morgan fingerprint density at radius 1 is 0.457 bits per heavy atom. The molecule has 2 aromatic carbocycles. The van der Waals surface area contributed by atoms with Crippen molar-refractivity contribution in [1.82, 2.24) is 0 Å². The Balaban J connectivity index is 1.64. The van der Waals surface area contributed by atoms with Crippen LogP contribution in [-0.4, -0.2) is 6.71 Å². The highest BCUT2D eigenvalue weighted by Crippen LogP contribution is 2.38. The smallest absolute Gasteiger partial charge is 0.148 e. The molecule has 4 heteroatoms. The van der Waals surface area contributed by atoms with Gasteiger partial charge in [0.25, 0.3) is 6.71 Å². The van der Waals surface area contributed by atoms with E-state index in [4.69, 9.17) is 0 Å². The van der Waals surface area contributed by atoms with Crippen LogP contribution in [0.25, 0.3) is 19.5 Å². The van der Waals surface area contributed by atoms with Gasteiger partial charge < -0.3 is 0 Å². The van der Waals surface area contributed by atoms with E-state index in [1.165, 1.54) is 73.5 Å². The monoisotopic (exact) mass is 510 g/mol. The molecule has 35 heavy (non-hydrogen) atoms. The molecule has 0 N–H and O–H groups in total. The maximum atomic E-state index is 2.37. The van der Waals surface area contributed by atoms with Gasteiger partial charge in [-0.15, -0.1) is 34.0 Å². The zero-order valence-electron chi connectivity index (χ0n) is 21.6. The summed E-state index contributed by atoms with van der Waals surface area (Å²) in [7, 11) is 0. The number of rotatable bonds is 5. The van der Waals surface area contributed by atoms with Gasteiger partial charge >= 0.3 is 0 Å². The molecule has 0 spiro atoms. The molecule has 0 saturated carbocycles. The van der Waals surface area contributed by atoms with Gasteiger partial charge in [0.05, 0.1) is 0 Å². The van der Waals surface area contributed by atoms with E-state index in [0.717, 1.165) is 0 Å². The zero-order valence-corrected chi connectivity index (χ0v) is 24.0. The number of hydrogen-bond donors (Lipinski definition) is 0. The molecule has 0 aliphatic heterocycles. The predicted octanol–water partition coefficient (Wildman–Crippen LogP) is 7.88. The number of aryl methyl sites for hydroxylation is 7. The molecule has 0 radical (unpaired) electrons. The molecule has 3 heterocycles.